The molecule has 3 aromatic heterocycles. The summed E-state index contributed by atoms with van der Waals surface area (Å²) >= 11 is 0. The van der Waals surface area contributed by atoms with Crippen LogP contribution in [-0.4, -0.2) is 45.1 Å². The van der Waals surface area contributed by atoms with Gasteiger partial charge in [0.05, 0.1) is 24.6 Å². The second kappa shape index (κ2) is 10.0. The van der Waals surface area contributed by atoms with Crippen molar-refractivity contribution in [3.05, 3.63) is 87.3 Å². The van der Waals surface area contributed by atoms with Crippen molar-refractivity contribution in [3.8, 4) is 0 Å². The molecule has 9 nitrogen and oxygen atoms in total. The highest BCUT2D eigenvalue weighted by molar-refractivity contribution is 5.97. The Morgan fingerprint density at radius 3 is 2.68 bits per heavy atom. The zero-order valence-electron chi connectivity index (χ0n) is 19.8. The fraction of sp³-hybridized carbons (Fsp3) is 0.269. The first-order chi connectivity index (χ1) is 17.9. The van der Waals surface area contributed by atoms with Crippen LogP contribution in [0.1, 0.15) is 40.5 Å². The summed E-state index contributed by atoms with van der Waals surface area (Å²) in [5.74, 6) is -4.29. The minimum absolute atomic E-state index is 0.00683. The molecule has 1 amide bonds. The second-order valence-electron chi connectivity index (χ2n) is 8.44. The highest BCUT2D eigenvalue weighted by atomic mass is 19.1. The Hall–Kier alpha value is -4.25. The number of benzene rings is 1. The lowest BCUT2D eigenvalue weighted by atomic mass is 10.1. The number of pyridine rings is 2. The molecule has 0 aliphatic carbocycles. The monoisotopic (exact) mass is 508 g/mol. The highest BCUT2D eigenvalue weighted by Gasteiger charge is 2.25. The molecule has 1 saturated heterocycles. The molecule has 0 saturated carbocycles. The molecule has 0 radical (unpaired) electrons. The number of halogens is 2. The van der Waals surface area contributed by atoms with Gasteiger partial charge in [-0.3, -0.25) is 14.0 Å². The van der Waals surface area contributed by atoms with Gasteiger partial charge in [-0.25, -0.2) is 18.6 Å². The van der Waals surface area contributed by atoms with Gasteiger partial charge < -0.3 is 14.0 Å². The van der Waals surface area contributed by atoms with Gasteiger partial charge >= 0.3 is 5.97 Å². The van der Waals surface area contributed by atoms with E-state index < -0.39 is 34.6 Å². The van der Waals surface area contributed by atoms with E-state index in [1.54, 1.807) is 31.3 Å². The third-order valence-corrected chi connectivity index (χ3v) is 6.08. The molecule has 4 aromatic rings. The standard InChI is InChI=1S/C26H22F2N4O5/c1-2-36-26(35)17-13-16-22(29-20-10-3-4-11-31(20)25(16)34)32(14-15-7-6-12-37-15)23(17)30-24(33)21-18(27)8-5-9-19(21)28/h3-5,8-11,13,15H,2,6-7,12,14H2,1H3. The van der Waals surface area contributed by atoms with E-state index in [0.29, 0.717) is 18.7 Å². The van der Waals surface area contributed by atoms with Gasteiger partial charge in [-0.15, -0.1) is 0 Å². The number of aromatic nitrogens is 3. The zero-order valence-corrected chi connectivity index (χ0v) is 19.8. The van der Waals surface area contributed by atoms with Crippen molar-refractivity contribution in [1.29, 1.82) is 0 Å². The maximum Gasteiger partial charge on any atom is 0.341 e. The van der Waals surface area contributed by atoms with Crippen LogP contribution in [0.3, 0.4) is 0 Å². The van der Waals surface area contributed by atoms with Gasteiger partial charge in [0.2, 0.25) is 0 Å². The summed E-state index contributed by atoms with van der Waals surface area (Å²) in [5.41, 5.74) is -1.31. The number of carbonyl (C=O) groups excluding carboxylic acids is 2. The van der Waals surface area contributed by atoms with Gasteiger partial charge in [0, 0.05) is 12.8 Å². The number of amides is 1. The fourth-order valence-corrected chi connectivity index (χ4v) is 4.38. The molecule has 1 aliphatic rings. The molecular weight excluding hydrogens is 486 g/mol. The third kappa shape index (κ3) is 4.53. The average Bonchev–Trinajstić information content (AvgIpc) is 3.39. The summed E-state index contributed by atoms with van der Waals surface area (Å²) in [6, 6.07) is 9.26. The number of ether oxygens (including phenoxy) is 2. The molecule has 0 spiro atoms. The number of esters is 1. The molecule has 11 heteroatoms. The number of nitrogens with zero attached hydrogens (tertiary/aromatic N) is 4. The molecule has 1 atom stereocenters. The largest absolute Gasteiger partial charge is 0.462 e. The molecule has 0 N–H and O–H groups in total. The van der Waals surface area contributed by atoms with Gasteiger partial charge in [-0.1, -0.05) is 12.1 Å². The van der Waals surface area contributed by atoms with Crippen molar-refractivity contribution in [1.82, 2.24) is 14.0 Å². The van der Waals surface area contributed by atoms with E-state index in [1.807, 2.05) is 0 Å². The van der Waals surface area contributed by atoms with Crippen LogP contribution < -0.4 is 11.0 Å². The summed E-state index contributed by atoms with van der Waals surface area (Å²) in [7, 11) is 0. The predicted octanol–water partition coefficient (Wildman–Crippen LogP) is 3.02. The van der Waals surface area contributed by atoms with Crippen LogP contribution in [0.2, 0.25) is 0 Å². The van der Waals surface area contributed by atoms with Crippen LogP contribution in [0.25, 0.3) is 16.7 Å². The van der Waals surface area contributed by atoms with Crippen LogP contribution in [0.4, 0.5) is 8.78 Å². The lowest BCUT2D eigenvalue weighted by Gasteiger charge is -2.18. The van der Waals surface area contributed by atoms with Gasteiger partial charge in [0.25, 0.3) is 11.5 Å². The van der Waals surface area contributed by atoms with E-state index in [9.17, 15) is 23.2 Å². The van der Waals surface area contributed by atoms with Crippen molar-refractivity contribution < 1.29 is 27.8 Å². The normalized spacial score (nSPS) is 16.0. The van der Waals surface area contributed by atoms with Crippen molar-refractivity contribution >= 4 is 28.6 Å². The Morgan fingerprint density at radius 2 is 1.97 bits per heavy atom. The molecule has 37 heavy (non-hydrogen) atoms. The summed E-state index contributed by atoms with van der Waals surface area (Å²) in [6.07, 6.45) is 2.70. The van der Waals surface area contributed by atoms with Crippen LogP contribution in [0.15, 0.2) is 58.4 Å². The van der Waals surface area contributed by atoms with Crippen molar-refractivity contribution in [2.45, 2.75) is 32.4 Å². The number of carbonyl (C=O) groups is 2. The predicted molar refractivity (Wildman–Crippen MR) is 128 cm³/mol. The van der Waals surface area contributed by atoms with Crippen molar-refractivity contribution in [2.24, 2.45) is 4.99 Å². The first-order valence-electron chi connectivity index (χ1n) is 11.8. The molecule has 0 bridgehead atoms. The van der Waals surface area contributed by atoms with Crippen LogP contribution in [0.5, 0.6) is 0 Å². The summed E-state index contributed by atoms with van der Waals surface area (Å²) < 4.78 is 42.5. The van der Waals surface area contributed by atoms with E-state index in [0.717, 1.165) is 24.6 Å². The van der Waals surface area contributed by atoms with Crippen molar-refractivity contribution in [3.63, 3.8) is 0 Å². The first-order valence-corrected chi connectivity index (χ1v) is 11.8. The SMILES string of the molecule is CCOC(=O)c1cc2c(=O)n3ccccc3nc2n(CC2CCCO2)c1=NC(=O)c1c(F)cccc1F. The number of rotatable bonds is 5. The zero-order chi connectivity index (χ0) is 26.1. The lowest BCUT2D eigenvalue weighted by Crippen LogP contribution is -2.35. The minimum Gasteiger partial charge on any atom is -0.462 e. The van der Waals surface area contributed by atoms with E-state index in [1.165, 1.54) is 15.0 Å². The van der Waals surface area contributed by atoms with E-state index in [2.05, 4.69) is 9.98 Å². The number of hydrogen-bond acceptors (Lipinski definition) is 6. The Labute approximate surface area is 208 Å². The van der Waals surface area contributed by atoms with E-state index >= 15 is 0 Å². The molecule has 190 valence electrons. The van der Waals surface area contributed by atoms with Gasteiger partial charge in [0.15, 0.2) is 5.49 Å². The maximum absolute atomic E-state index is 14.4. The molecule has 1 unspecified atom stereocenters. The Bertz CT molecular complexity index is 1650. The summed E-state index contributed by atoms with van der Waals surface area (Å²) in [6.45, 7) is 2.21. The topological polar surface area (TPSA) is 104 Å². The molecule has 1 aromatic carbocycles. The van der Waals surface area contributed by atoms with Crippen LogP contribution >= 0.6 is 0 Å². The Balaban J connectivity index is 1.88. The quantitative estimate of drug-likeness (QED) is 0.303. The number of fused-ring (bicyclic) bond motifs is 2. The highest BCUT2D eigenvalue weighted by Crippen LogP contribution is 2.18. The van der Waals surface area contributed by atoms with Crippen LogP contribution in [-0.2, 0) is 16.0 Å². The van der Waals surface area contributed by atoms with Gasteiger partial charge in [0.1, 0.15) is 34.1 Å². The average molecular weight is 508 g/mol. The molecule has 4 heterocycles. The number of hydrogen-bond donors (Lipinski definition) is 0. The van der Waals surface area contributed by atoms with Crippen molar-refractivity contribution in [2.75, 3.05) is 13.2 Å². The third-order valence-electron chi connectivity index (χ3n) is 6.08. The summed E-state index contributed by atoms with van der Waals surface area (Å²) in [5, 5.41) is 0.0771. The smallest absolute Gasteiger partial charge is 0.341 e. The first kappa shape index (κ1) is 24.4. The Kier molecular flexibility index (Phi) is 6.62. The van der Waals surface area contributed by atoms with Gasteiger partial charge in [-0.05, 0) is 50.1 Å². The van der Waals surface area contributed by atoms with E-state index in [4.69, 9.17) is 9.47 Å². The molecule has 1 aliphatic heterocycles. The Morgan fingerprint density at radius 1 is 1.19 bits per heavy atom. The maximum atomic E-state index is 14.4. The van der Waals surface area contributed by atoms with Gasteiger partial charge in [-0.2, -0.15) is 4.99 Å². The summed E-state index contributed by atoms with van der Waals surface area (Å²) in [4.78, 5) is 48.1. The molecule has 1 fully saturated rings. The molecule has 5 rings (SSSR count). The van der Waals surface area contributed by atoms with Crippen LogP contribution in [0, 0.1) is 11.6 Å². The van der Waals surface area contributed by atoms with E-state index in [-0.39, 0.29) is 41.3 Å². The molecular formula is C26H22F2N4O5. The minimum atomic E-state index is -1.24. The lowest BCUT2D eigenvalue weighted by molar-refractivity contribution is 0.0521. The fourth-order valence-electron chi connectivity index (χ4n) is 4.38. The second-order valence-corrected chi connectivity index (χ2v) is 8.44.